The largest absolute Gasteiger partial charge is 0.329 e. The molecule has 0 aliphatic heterocycles. The Balaban J connectivity index is 2.06. The van der Waals surface area contributed by atoms with Gasteiger partial charge in [0.05, 0.1) is 6.54 Å². The monoisotopic (exact) mass is 153 g/mol. The van der Waals surface area contributed by atoms with Crippen molar-refractivity contribution in [2.45, 2.75) is 25.3 Å². The number of nitrogens with zero attached hydrogens (tertiary/aromatic N) is 4. The van der Waals surface area contributed by atoms with E-state index < -0.39 is 0 Å². The number of hydrogen-bond acceptors (Lipinski definition) is 4. The van der Waals surface area contributed by atoms with Gasteiger partial charge >= 0.3 is 0 Å². The average Bonchev–Trinajstić information content (AvgIpc) is 2.75. The number of aromatic nitrogens is 4. The van der Waals surface area contributed by atoms with E-state index in [-0.39, 0.29) is 0 Å². The first kappa shape index (κ1) is 6.72. The molecule has 1 fully saturated rings. The van der Waals surface area contributed by atoms with Gasteiger partial charge in [-0.25, -0.2) is 0 Å². The van der Waals surface area contributed by atoms with E-state index in [0.717, 1.165) is 5.82 Å². The van der Waals surface area contributed by atoms with Crippen molar-refractivity contribution in [3.8, 4) is 0 Å². The van der Waals surface area contributed by atoms with Crippen LogP contribution in [0.2, 0.25) is 0 Å². The van der Waals surface area contributed by atoms with Crippen LogP contribution < -0.4 is 5.73 Å². The third-order valence-corrected chi connectivity index (χ3v) is 1.74. The fraction of sp³-hybridized carbons (Fsp3) is 0.833. The van der Waals surface area contributed by atoms with Crippen LogP contribution in [0.5, 0.6) is 0 Å². The lowest BCUT2D eigenvalue weighted by Gasteiger charge is -1.90. The summed E-state index contributed by atoms with van der Waals surface area (Å²) in [5.41, 5.74) is 5.33. The van der Waals surface area contributed by atoms with E-state index in [1.165, 1.54) is 12.8 Å². The van der Waals surface area contributed by atoms with Crippen LogP contribution >= 0.6 is 0 Å². The number of hydrogen-bond donors (Lipinski definition) is 1. The average molecular weight is 153 g/mol. The Bertz CT molecular complexity index is 239. The minimum atomic E-state index is 0.570. The molecule has 5 nitrogen and oxygen atoms in total. The third-order valence-electron chi connectivity index (χ3n) is 1.74. The van der Waals surface area contributed by atoms with Crippen LogP contribution in [0.15, 0.2) is 0 Å². The van der Waals surface area contributed by atoms with Gasteiger partial charge in [0, 0.05) is 12.5 Å². The highest BCUT2D eigenvalue weighted by Crippen LogP contribution is 2.37. The van der Waals surface area contributed by atoms with E-state index in [1.807, 2.05) is 0 Å². The van der Waals surface area contributed by atoms with E-state index in [9.17, 15) is 0 Å². The molecule has 0 aromatic carbocycles. The van der Waals surface area contributed by atoms with Crippen molar-refractivity contribution < 1.29 is 0 Å². The van der Waals surface area contributed by atoms with Gasteiger partial charge in [-0.3, -0.25) is 0 Å². The lowest BCUT2D eigenvalue weighted by molar-refractivity contribution is 0.529. The van der Waals surface area contributed by atoms with E-state index in [1.54, 1.807) is 4.80 Å². The zero-order valence-electron chi connectivity index (χ0n) is 6.27. The van der Waals surface area contributed by atoms with Crippen molar-refractivity contribution in [1.82, 2.24) is 20.2 Å². The van der Waals surface area contributed by atoms with Gasteiger partial charge in [0.15, 0.2) is 5.82 Å². The van der Waals surface area contributed by atoms with E-state index in [2.05, 4.69) is 15.4 Å². The second kappa shape index (κ2) is 2.58. The summed E-state index contributed by atoms with van der Waals surface area (Å²) in [5.74, 6) is 1.47. The van der Waals surface area contributed by atoms with Crippen molar-refractivity contribution in [2.75, 3.05) is 6.54 Å². The van der Waals surface area contributed by atoms with Crippen LogP contribution in [0.4, 0.5) is 0 Å². The highest BCUT2D eigenvalue weighted by Gasteiger charge is 2.28. The molecule has 60 valence electrons. The normalized spacial score (nSPS) is 17.2. The molecule has 1 heterocycles. The fourth-order valence-electron chi connectivity index (χ4n) is 0.971. The van der Waals surface area contributed by atoms with Crippen LogP contribution in [-0.2, 0) is 6.54 Å². The molecular weight excluding hydrogens is 142 g/mol. The first-order valence-electron chi connectivity index (χ1n) is 3.88. The van der Waals surface area contributed by atoms with Gasteiger partial charge in [0.2, 0.25) is 0 Å². The molecule has 0 radical (unpaired) electrons. The summed E-state index contributed by atoms with van der Waals surface area (Å²) in [7, 11) is 0. The Morgan fingerprint density at radius 2 is 2.36 bits per heavy atom. The molecule has 1 aliphatic carbocycles. The lowest BCUT2D eigenvalue weighted by Crippen LogP contribution is -2.12. The summed E-state index contributed by atoms with van der Waals surface area (Å²) in [6.07, 6.45) is 2.43. The predicted octanol–water partition coefficient (Wildman–Crippen LogP) is -0.491. The molecule has 0 bridgehead atoms. The summed E-state index contributed by atoms with van der Waals surface area (Å²) in [4.78, 5) is 1.56. The number of nitrogens with two attached hydrogens (primary N) is 1. The SMILES string of the molecule is NCCn1nnc(C2CC2)n1. The summed E-state index contributed by atoms with van der Waals surface area (Å²) in [6, 6.07) is 0. The van der Waals surface area contributed by atoms with Crippen molar-refractivity contribution >= 4 is 0 Å². The van der Waals surface area contributed by atoms with Crippen LogP contribution in [0, 0.1) is 0 Å². The summed E-state index contributed by atoms with van der Waals surface area (Å²) >= 11 is 0. The maximum absolute atomic E-state index is 5.33. The van der Waals surface area contributed by atoms with Gasteiger partial charge in [0.1, 0.15) is 0 Å². The fourth-order valence-corrected chi connectivity index (χ4v) is 0.971. The molecule has 11 heavy (non-hydrogen) atoms. The highest BCUT2D eigenvalue weighted by molar-refractivity contribution is 5.00. The van der Waals surface area contributed by atoms with Gasteiger partial charge in [0.25, 0.3) is 0 Å². The maximum Gasteiger partial charge on any atom is 0.177 e. The quantitative estimate of drug-likeness (QED) is 0.636. The minimum Gasteiger partial charge on any atom is -0.329 e. The zero-order chi connectivity index (χ0) is 7.68. The lowest BCUT2D eigenvalue weighted by atomic mass is 10.4. The first-order chi connectivity index (χ1) is 5.40. The smallest absolute Gasteiger partial charge is 0.177 e. The Kier molecular flexibility index (Phi) is 1.58. The summed E-state index contributed by atoms with van der Waals surface area (Å²) in [5, 5.41) is 12.0. The van der Waals surface area contributed by atoms with Crippen molar-refractivity contribution in [3.05, 3.63) is 5.82 Å². The Morgan fingerprint density at radius 3 is 3.00 bits per heavy atom. The Hall–Kier alpha value is -0.970. The maximum atomic E-state index is 5.33. The third kappa shape index (κ3) is 1.37. The predicted molar refractivity (Wildman–Crippen MR) is 38.8 cm³/mol. The molecule has 1 aliphatic rings. The molecule has 0 saturated heterocycles. The molecule has 0 spiro atoms. The molecule has 2 N–H and O–H groups in total. The molecule has 1 aromatic heterocycles. The molecule has 1 aromatic rings. The molecule has 0 atom stereocenters. The van der Waals surface area contributed by atoms with Crippen molar-refractivity contribution in [2.24, 2.45) is 5.73 Å². The van der Waals surface area contributed by atoms with Crippen LogP contribution in [0.1, 0.15) is 24.6 Å². The van der Waals surface area contributed by atoms with Crippen LogP contribution in [0.25, 0.3) is 0 Å². The highest BCUT2D eigenvalue weighted by atomic mass is 15.6. The molecular formula is C6H11N5. The molecule has 0 unspecified atom stereocenters. The topological polar surface area (TPSA) is 69.6 Å². The Labute approximate surface area is 64.6 Å². The second-order valence-corrected chi connectivity index (χ2v) is 2.81. The van der Waals surface area contributed by atoms with Crippen LogP contribution in [0.3, 0.4) is 0 Å². The second-order valence-electron chi connectivity index (χ2n) is 2.81. The van der Waals surface area contributed by atoms with Crippen molar-refractivity contribution in [1.29, 1.82) is 0 Å². The van der Waals surface area contributed by atoms with Gasteiger partial charge in [-0.15, -0.1) is 10.2 Å². The number of rotatable bonds is 3. The first-order valence-corrected chi connectivity index (χ1v) is 3.88. The van der Waals surface area contributed by atoms with Crippen LogP contribution in [-0.4, -0.2) is 26.8 Å². The van der Waals surface area contributed by atoms with Gasteiger partial charge in [-0.1, -0.05) is 0 Å². The Morgan fingerprint density at radius 1 is 1.55 bits per heavy atom. The van der Waals surface area contributed by atoms with Gasteiger partial charge < -0.3 is 5.73 Å². The van der Waals surface area contributed by atoms with Crippen molar-refractivity contribution in [3.63, 3.8) is 0 Å². The standard InChI is InChI=1S/C6H11N5/c7-3-4-11-9-6(8-10-11)5-1-2-5/h5H,1-4,7H2. The van der Waals surface area contributed by atoms with E-state index in [0.29, 0.717) is 19.0 Å². The summed E-state index contributed by atoms with van der Waals surface area (Å²) in [6.45, 7) is 1.24. The van der Waals surface area contributed by atoms with E-state index >= 15 is 0 Å². The minimum absolute atomic E-state index is 0.570. The molecule has 0 amide bonds. The molecule has 1 saturated carbocycles. The van der Waals surface area contributed by atoms with Gasteiger partial charge in [-0.2, -0.15) is 4.80 Å². The zero-order valence-corrected chi connectivity index (χ0v) is 6.27. The van der Waals surface area contributed by atoms with Gasteiger partial charge in [-0.05, 0) is 18.1 Å². The molecule has 5 heteroatoms. The van der Waals surface area contributed by atoms with E-state index in [4.69, 9.17) is 5.73 Å². The summed E-state index contributed by atoms with van der Waals surface area (Å²) < 4.78 is 0. The molecule has 2 rings (SSSR count). The number of tetrazole rings is 1.